The molecule has 3 heteroatoms. The van der Waals surface area contributed by atoms with Crippen molar-refractivity contribution in [2.45, 2.75) is 26.4 Å². The Morgan fingerprint density at radius 1 is 0.565 bits per heavy atom. The fraction of sp³-hybridized carbons (Fsp3) is 0.100. The highest BCUT2D eigenvalue weighted by Gasteiger charge is 2.32. The zero-order valence-electron chi connectivity index (χ0n) is 12.6. The first-order chi connectivity index (χ1) is 11.3. The Kier molecular flexibility index (Phi) is 5.66. The molecule has 0 bridgehead atoms. The number of rotatable bonds is 5. The van der Waals surface area contributed by atoms with Gasteiger partial charge in [-0.2, -0.15) is 0 Å². The molecule has 0 unspecified atom stereocenters. The van der Waals surface area contributed by atoms with E-state index in [0.29, 0.717) is 11.8 Å². The molecule has 0 atom stereocenters. The minimum Gasteiger partial charge on any atom is -0.121 e. The lowest BCUT2D eigenvalue weighted by atomic mass is 10.2. The molecule has 3 aromatic carbocycles. The molecule has 3 rings (SSSR count). The van der Waals surface area contributed by atoms with Crippen molar-refractivity contribution in [2.75, 3.05) is 0 Å². The van der Waals surface area contributed by atoms with Crippen LogP contribution in [0.2, 0.25) is 0 Å². The van der Waals surface area contributed by atoms with Crippen LogP contribution in [0.5, 0.6) is 0 Å². The molecular weight excluding hydrogens is 343 g/mol. The quantitative estimate of drug-likeness (QED) is 0.372. The Balaban J connectivity index is 2.23. The molecule has 0 aromatic heterocycles. The van der Waals surface area contributed by atoms with Gasteiger partial charge in [-0.3, -0.25) is 0 Å². The molecule has 0 nitrogen and oxygen atoms in total. The smallest absolute Gasteiger partial charge is 0.121 e. The van der Waals surface area contributed by atoms with E-state index < -0.39 is 0 Å². The van der Waals surface area contributed by atoms with Gasteiger partial charge in [0.2, 0.25) is 0 Å². The fourth-order valence-corrected chi connectivity index (χ4v) is 5.59. The van der Waals surface area contributed by atoms with Crippen molar-refractivity contribution in [1.29, 1.82) is 0 Å². The second-order valence-corrected chi connectivity index (χ2v) is 7.60. The number of hydrogen-bond donors (Lipinski definition) is 0. The SMILES string of the molecule is ClCc1ccccc1[S+](c1ccccc1)c1ccccc1CCl. The zero-order valence-corrected chi connectivity index (χ0v) is 14.9. The van der Waals surface area contributed by atoms with Crippen molar-refractivity contribution in [2.24, 2.45) is 0 Å². The summed E-state index contributed by atoms with van der Waals surface area (Å²) in [6.07, 6.45) is 0. The van der Waals surface area contributed by atoms with Gasteiger partial charge in [0, 0.05) is 11.1 Å². The molecule has 0 N–H and O–H groups in total. The van der Waals surface area contributed by atoms with E-state index in [1.807, 2.05) is 18.2 Å². The van der Waals surface area contributed by atoms with Crippen molar-refractivity contribution < 1.29 is 0 Å². The first kappa shape index (κ1) is 16.4. The van der Waals surface area contributed by atoms with Crippen LogP contribution in [0.15, 0.2) is 93.5 Å². The van der Waals surface area contributed by atoms with E-state index in [4.69, 9.17) is 23.2 Å². The number of alkyl halides is 2. The lowest BCUT2D eigenvalue weighted by molar-refractivity contribution is 1.19. The first-order valence-corrected chi connectivity index (χ1v) is 9.71. The topological polar surface area (TPSA) is 0 Å². The largest absolute Gasteiger partial charge is 0.170 e. The van der Waals surface area contributed by atoms with Crippen LogP contribution in [0.1, 0.15) is 11.1 Å². The van der Waals surface area contributed by atoms with Crippen molar-refractivity contribution in [3.8, 4) is 0 Å². The molecule has 3 aromatic rings. The van der Waals surface area contributed by atoms with Gasteiger partial charge in [0.25, 0.3) is 0 Å². The normalized spacial score (nSPS) is 10.9. The highest BCUT2D eigenvalue weighted by atomic mass is 35.5. The molecule has 0 aliphatic heterocycles. The Labute approximate surface area is 150 Å². The molecule has 0 saturated heterocycles. The minimum atomic E-state index is -0.206. The molecule has 0 amide bonds. The third-order valence-corrected chi connectivity index (χ3v) is 6.65. The molecule has 0 spiro atoms. The summed E-state index contributed by atoms with van der Waals surface area (Å²) in [4.78, 5) is 3.82. The second-order valence-electron chi connectivity index (χ2n) is 5.10. The monoisotopic (exact) mass is 359 g/mol. The van der Waals surface area contributed by atoms with Crippen LogP contribution in [-0.4, -0.2) is 0 Å². The fourth-order valence-electron chi connectivity index (χ4n) is 2.56. The first-order valence-electron chi connectivity index (χ1n) is 7.42. The Bertz CT molecular complexity index is 724. The lowest BCUT2D eigenvalue weighted by Gasteiger charge is -2.13. The van der Waals surface area contributed by atoms with Crippen molar-refractivity contribution in [1.82, 2.24) is 0 Å². The lowest BCUT2D eigenvalue weighted by Crippen LogP contribution is -2.09. The van der Waals surface area contributed by atoms with Gasteiger partial charge < -0.3 is 0 Å². The van der Waals surface area contributed by atoms with Crippen LogP contribution in [-0.2, 0) is 22.7 Å². The van der Waals surface area contributed by atoms with Crippen LogP contribution in [0.3, 0.4) is 0 Å². The molecule has 0 radical (unpaired) electrons. The molecule has 23 heavy (non-hydrogen) atoms. The van der Waals surface area contributed by atoms with Gasteiger partial charge in [0.05, 0.1) is 22.7 Å². The molecular formula is C20H17Cl2S+. The Hall–Kier alpha value is -1.41. The van der Waals surface area contributed by atoms with E-state index in [1.54, 1.807) is 0 Å². The summed E-state index contributed by atoms with van der Waals surface area (Å²) in [6.45, 7) is 0. The van der Waals surface area contributed by atoms with Gasteiger partial charge in [-0.1, -0.05) is 54.6 Å². The van der Waals surface area contributed by atoms with E-state index in [1.165, 1.54) is 25.8 Å². The van der Waals surface area contributed by atoms with E-state index in [0.717, 1.165) is 0 Å². The average Bonchev–Trinajstić information content (AvgIpc) is 2.64. The van der Waals surface area contributed by atoms with Crippen LogP contribution < -0.4 is 0 Å². The summed E-state index contributed by atoms with van der Waals surface area (Å²) in [5.41, 5.74) is 2.34. The highest BCUT2D eigenvalue weighted by Crippen LogP contribution is 2.35. The van der Waals surface area contributed by atoms with Crippen LogP contribution in [0, 0.1) is 0 Å². The van der Waals surface area contributed by atoms with Gasteiger partial charge in [0.1, 0.15) is 0 Å². The molecule has 0 fully saturated rings. The highest BCUT2D eigenvalue weighted by molar-refractivity contribution is 7.97. The molecule has 116 valence electrons. The second kappa shape index (κ2) is 7.92. The van der Waals surface area contributed by atoms with Gasteiger partial charge in [-0.15, -0.1) is 23.2 Å². The summed E-state index contributed by atoms with van der Waals surface area (Å²) < 4.78 is 0. The average molecular weight is 360 g/mol. The van der Waals surface area contributed by atoms with E-state index in [-0.39, 0.29) is 10.9 Å². The minimum absolute atomic E-state index is 0.206. The third-order valence-electron chi connectivity index (χ3n) is 3.65. The van der Waals surface area contributed by atoms with Crippen molar-refractivity contribution in [3.63, 3.8) is 0 Å². The van der Waals surface area contributed by atoms with Crippen LogP contribution in [0.4, 0.5) is 0 Å². The number of hydrogen-bond acceptors (Lipinski definition) is 0. The van der Waals surface area contributed by atoms with Crippen molar-refractivity contribution in [3.05, 3.63) is 90.0 Å². The maximum Gasteiger partial charge on any atom is 0.170 e. The molecule has 0 heterocycles. The zero-order chi connectivity index (χ0) is 16.1. The van der Waals surface area contributed by atoms with E-state index >= 15 is 0 Å². The van der Waals surface area contributed by atoms with Gasteiger partial charge in [0.15, 0.2) is 14.7 Å². The summed E-state index contributed by atoms with van der Waals surface area (Å²) >= 11 is 12.4. The molecule has 0 aliphatic carbocycles. The third kappa shape index (κ3) is 3.58. The predicted molar refractivity (Wildman–Crippen MR) is 101 cm³/mol. The van der Waals surface area contributed by atoms with Gasteiger partial charge in [-0.05, 0) is 24.3 Å². The standard InChI is InChI=1S/C20H17Cl2S/c21-14-16-8-4-6-12-19(16)23(18-10-2-1-3-11-18)20-13-7-5-9-17(20)15-22/h1-13H,14-15H2/q+1. The van der Waals surface area contributed by atoms with Gasteiger partial charge in [-0.25, -0.2) is 0 Å². The summed E-state index contributed by atoms with van der Waals surface area (Å²) in [5, 5.41) is 0. The maximum absolute atomic E-state index is 6.20. The molecule has 0 saturated carbocycles. The number of benzene rings is 3. The van der Waals surface area contributed by atoms with Gasteiger partial charge >= 0.3 is 0 Å². The molecule has 0 aliphatic rings. The summed E-state index contributed by atoms with van der Waals surface area (Å²) in [6, 6.07) is 27.4. The van der Waals surface area contributed by atoms with Crippen LogP contribution in [0.25, 0.3) is 0 Å². The van der Waals surface area contributed by atoms with E-state index in [2.05, 4.69) is 60.7 Å². The van der Waals surface area contributed by atoms with E-state index in [9.17, 15) is 0 Å². The summed E-state index contributed by atoms with van der Waals surface area (Å²) in [7, 11) is -0.206. The Morgan fingerprint density at radius 3 is 1.48 bits per heavy atom. The maximum atomic E-state index is 6.20. The van der Waals surface area contributed by atoms with Crippen LogP contribution >= 0.6 is 23.2 Å². The summed E-state index contributed by atoms with van der Waals surface area (Å²) in [5.74, 6) is 1.02. The Morgan fingerprint density at radius 2 is 1.00 bits per heavy atom. The number of halogens is 2. The van der Waals surface area contributed by atoms with Crippen molar-refractivity contribution >= 4 is 34.1 Å². The predicted octanol–water partition coefficient (Wildman–Crippen LogP) is 6.26.